The average molecular weight is 230 g/mol. The van der Waals surface area contributed by atoms with Gasteiger partial charge in [0.2, 0.25) is 0 Å². The average Bonchev–Trinajstić information content (AvgIpc) is 2.18. The summed E-state index contributed by atoms with van der Waals surface area (Å²) < 4.78 is 20.9. The van der Waals surface area contributed by atoms with Crippen molar-refractivity contribution in [3.8, 4) is 0 Å². The van der Waals surface area contributed by atoms with E-state index in [1.54, 1.807) is 12.1 Å². The highest BCUT2D eigenvalue weighted by molar-refractivity contribution is 7.80. The Morgan fingerprint density at radius 2 is 2.33 bits per heavy atom. The van der Waals surface area contributed by atoms with Crippen molar-refractivity contribution in [2.75, 3.05) is 10.8 Å². The van der Waals surface area contributed by atoms with Gasteiger partial charge in [-0.1, -0.05) is 0 Å². The van der Waals surface area contributed by atoms with Crippen molar-refractivity contribution in [1.29, 1.82) is 0 Å². The summed E-state index contributed by atoms with van der Waals surface area (Å²) in [5.74, 6) is -1.02. The number of rotatable bonds is 5. The van der Waals surface area contributed by atoms with Gasteiger partial charge in [0.15, 0.2) is 0 Å². The lowest BCUT2D eigenvalue weighted by Gasteiger charge is -2.17. The van der Waals surface area contributed by atoms with Gasteiger partial charge in [0.25, 0.3) is 11.3 Å². The van der Waals surface area contributed by atoms with Gasteiger partial charge in [-0.25, -0.2) is 4.21 Å². The number of carboxylic acid groups (broad SMARTS) is 1. The summed E-state index contributed by atoms with van der Waals surface area (Å²) in [5.41, 5.74) is 0.416. The second-order valence-corrected chi connectivity index (χ2v) is 3.59. The van der Waals surface area contributed by atoms with E-state index in [2.05, 4.69) is 4.98 Å². The number of pyridine rings is 1. The Kier molecular flexibility index (Phi) is 4.19. The molecule has 0 aliphatic carbocycles. The van der Waals surface area contributed by atoms with E-state index in [0.29, 0.717) is 5.69 Å². The summed E-state index contributed by atoms with van der Waals surface area (Å²) in [5, 5.41) is 8.47. The molecule has 0 fully saturated rings. The molecule has 0 amide bonds. The van der Waals surface area contributed by atoms with Gasteiger partial charge in [-0.05, 0) is 12.1 Å². The number of carboxylic acids is 1. The van der Waals surface area contributed by atoms with Crippen LogP contribution in [-0.4, -0.2) is 31.4 Å². The smallest absolute Gasteiger partial charge is 0.305 e. The third kappa shape index (κ3) is 3.64. The molecule has 0 aromatic carbocycles. The minimum absolute atomic E-state index is 0.0376. The van der Waals surface area contributed by atoms with E-state index in [0.717, 1.165) is 4.31 Å². The minimum Gasteiger partial charge on any atom is -0.481 e. The Labute approximate surface area is 89.0 Å². The Morgan fingerprint density at radius 3 is 2.80 bits per heavy atom. The van der Waals surface area contributed by atoms with Crippen LogP contribution >= 0.6 is 0 Å². The van der Waals surface area contributed by atoms with Gasteiger partial charge in [0.05, 0.1) is 18.3 Å². The summed E-state index contributed by atoms with van der Waals surface area (Å²) >= 11 is -2.24. The third-order valence-corrected chi connectivity index (χ3v) is 2.42. The molecule has 0 radical (unpaired) electrons. The summed E-state index contributed by atoms with van der Waals surface area (Å²) in [4.78, 5) is 14.1. The molecule has 7 heteroatoms. The van der Waals surface area contributed by atoms with Crippen molar-refractivity contribution in [3.05, 3.63) is 24.5 Å². The van der Waals surface area contributed by atoms with Crippen molar-refractivity contribution in [2.45, 2.75) is 6.42 Å². The van der Waals surface area contributed by atoms with Crippen LogP contribution < -0.4 is 4.31 Å². The first kappa shape index (κ1) is 11.6. The molecule has 15 heavy (non-hydrogen) atoms. The first-order valence-corrected chi connectivity index (χ1v) is 5.18. The van der Waals surface area contributed by atoms with Crippen LogP contribution in [-0.2, 0) is 16.1 Å². The molecule has 1 aromatic heterocycles. The predicted octanol–water partition coefficient (Wildman–Crippen LogP) is 0.499. The van der Waals surface area contributed by atoms with Gasteiger partial charge in [-0.3, -0.25) is 18.6 Å². The number of anilines is 1. The molecule has 1 unspecified atom stereocenters. The van der Waals surface area contributed by atoms with Crippen LogP contribution in [0.3, 0.4) is 0 Å². The SMILES string of the molecule is O=C(O)CCN(c1cccnc1)S(=O)O. The van der Waals surface area contributed by atoms with Crippen molar-refractivity contribution >= 4 is 22.9 Å². The number of aliphatic carboxylic acids is 1. The number of aromatic nitrogens is 1. The van der Waals surface area contributed by atoms with Crippen LogP contribution in [0, 0.1) is 0 Å². The lowest BCUT2D eigenvalue weighted by Crippen LogP contribution is -2.27. The Hall–Kier alpha value is -1.47. The van der Waals surface area contributed by atoms with Gasteiger partial charge in [-0.15, -0.1) is 0 Å². The van der Waals surface area contributed by atoms with Crippen LogP contribution in [0.25, 0.3) is 0 Å². The Morgan fingerprint density at radius 1 is 1.60 bits per heavy atom. The molecule has 6 nitrogen and oxygen atoms in total. The monoisotopic (exact) mass is 230 g/mol. The van der Waals surface area contributed by atoms with Crippen LogP contribution in [0.4, 0.5) is 5.69 Å². The first-order chi connectivity index (χ1) is 7.11. The molecular formula is C8H10N2O4S. The molecule has 82 valence electrons. The number of hydrogen-bond acceptors (Lipinski definition) is 3. The number of carbonyl (C=O) groups is 1. The van der Waals surface area contributed by atoms with E-state index in [9.17, 15) is 9.00 Å². The van der Waals surface area contributed by atoms with Crippen LogP contribution in [0.15, 0.2) is 24.5 Å². The highest BCUT2D eigenvalue weighted by Gasteiger charge is 2.13. The predicted molar refractivity (Wildman–Crippen MR) is 54.6 cm³/mol. The van der Waals surface area contributed by atoms with Gasteiger partial charge >= 0.3 is 5.97 Å². The fourth-order valence-corrected chi connectivity index (χ4v) is 1.53. The van der Waals surface area contributed by atoms with Crippen molar-refractivity contribution in [3.63, 3.8) is 0 Å². The molecular weight excluding hydrogens is 220 g/mol. The van der Waals surface area contributed by atoms with E-state index >= 15 is 0 Å². The molecule has 0 spiro atoms. The highest BCUT2D eigenvalue weighted by atomic mass is 32.2. The molecule has 0 bridgehead atoms. The third-order valence-electron chi connectivity index (χ3n) is 1.65. The fourth-order valence-electron chi connectivity index (χ4n) is 0.996. The molecule has 1 rings (SSSR count). The quantitative estimate of drug-likeness (QED) is 0.719. The molecule has 0 saturated carbocycles. The summed E-state index contributed by atoms with van der Waals surface area (Å²) in [6.07, 6.45) is 2.72. The largest absolute Gasteiger partial charge is 0.481 e. The van der Waals surface area contributed by atoms with Crippen LogP contribution in [0.2, 0.25) is 0 Å². The highest BCUT2D eigenvalue weighted by Crippen LogP contribution is 2.13. The first-order valence-electron chi connectivity index (χ1n) is 4.11. The van der Waals surface area contributed by atoms with E-state index in [1.807, 2.05) is 0 Å². The van der Waals surface area contributed by atoms with Gasteiger partial charge in [-0.2, -0.15) is 0 Å². The number of nitrogens with zero attached hydrogens (tertiary/aromatic N) is 2. The number of hydrogen-bond donors (Lipinski definition) is 2. The van der Waals surface area contributed by atoms with E-state index in [-0.39, 0.29) is 13.0 Å². The van der Waals surface area contributed by atoms with Crippen molar-refractivity contribution in [2.24, 2.45) is 0 Å². The van der Waals surface area contributed by atoms with Gasteiger partial charge in [0.1, 0.15) is 0 Å². The lowest BCUT2D eigenvalue weighted by atomic mass is 10.4. The molecule has 1 aromatic rings. The molecule has 0 aliphatic heterocycles. The maximum atomic E-state index is 10.9. The molecule has 2 N–H and O–H groups in total. The lowest BCUT2D eigenvalue weighted by molar-refractivity contribution is -0.136. The fraction of sp³-hybridized carbons (Fsp3) is 0.250. The topological polar surface area (TPSA) is 90.7 Å². The normalized spacial score (nSPS) is 12.1. The molecule has 1 atom stereocenters. The Bertz CT molecular complexity index is 357. The second-order valence-electron chi connectivity index (χ2n) is 2.69. The maximum absolute atomic E-state index is 10.9. The second kappa shape index (κ2) is 5.42. The zero-order valence-corrected chi connectivity index (χ0v) is 8.55. The standard InChI is InChI=1S/C8H10N2O4S/c11-8(12)3-5-10(15(13)14)7-2-1-4-9-6-7/h1-2,4,6H,3,5H2,(H,11,12)(H,13,14). The maximum Gasteiger partial charge on any atom is 0.305 e. The Balaban J connectivity index is 2.75. The van der Waals surface area contributed by atoms with Gasteiger partial charge < -0.3 is 5.11 Å². The molecule has 0 aliphatic rings. The summed E-state index contributed by atoms with van der Waals surface area (Å²) in [6.45, 7) is -0.0376. The van der Waals surface area contributed by atoms with Gasteiger partial charge in [0, 0.05) is 12.7 Å². The van der Waals surface area contributed by atoms with Crippen LogP contribution in [0.1, 0.15) is 6.42 Å². The van der Waals surface area contributed by atoms with E-state index in [4.69, 9.17) is 9.66 Å². The summed E-state index contributed by atoms with van der Waals surface area (Å²) in [7, 11) is 0. The molecule has 0 saturated heterocycles. The molecule has 1 heterocycles. The summed E-state index contributed by atoms with van der Waals surface area (Å²) in [6, 6.07) is 3.19. The zero-order valence-electron chi connectivity index (χ0n) is 7.74. The van der Waals surface area contributed by atoms with Crippen molar-refractivity contribution < 1.29 is 18.7 Å². The zero-order chi connectivity index (χ0) is 11.3. The van der Waals surface area contributed by atoms with E-state index < -0.39 is 17.2 Å². The van der Waals surface area contributed by atoms with E-state index in [1.165, 1.54) is 12.4 Å². The van der Waals surface area contributed by atoms with Crippen molar-refractivity contribution in [1.82, 2.24) is 4.98 Å². The van der Waals surface area contributed by atoms with Crippen LogP contribution in [0.5, 0.6) is 0 Å². The minimum atomic E-state index is -2.24.